The van der Waals surface area contributed by atoms with E-state index in [-0.39, 0.29) is 11.9 Å². The highest BCUT2D eigenvalue weighted by atomic mass is 16.5. The SMILES string of the molecule is COc1ccc(C2NC(=O)N(C)C(C)=C2C(=O)Nc2ccccc2C)cc1. The van der Waals surface area contributed by atoms with E-state index in [2.05, 4.69) is 10.6 Å². The van der Waals surface area contributed by atoms with Crippen LogP contribution in [-0.2, 0) is 4.79 Å². The minimum atomic E-state index is -0.538. The predicted octanol–water partition coefficient (Wildman–Crippen LogP) is 3.61. The van der Waals surface area contributed by atoms with E-state index in [4.69, 9.17) is 4.74 Å². The Hall–Kier alpha value is -3.28. The number of aryl methyl sites for hydroxylation is 1. The molecule has 6 heteroatoms. The minimum Gasteiger partial charge on any atom is -0.497 e. The van der Waals surface area contributed by atoms with Gasteiger partial charge in [-0.2, -0.15) is 0 Å². The van der Waals surface area contributed by atoms with Gasteiger partial charge in [-0.05, 0) is 43.2 Å². The van der Waals surface area contributed by atoms with Crippen molar-refractivity contribution in [2.75, 3.05) is 19.5 Å². The second kappa shape index (κ2) is 7.53. The largest absolute Gasteiger partial charge is 0.497 e. The minimum absolute atomic E-state index is 0.241. The van der Waals surface area contributed by atoms with E-state index < -0.39 is 6.04 Å². The lowest BCUT2D eigenvalue weighted by Gasteiger charge is -2.33. The molecule has 6 nitrogen and oxygen atoms in total. The molecule has 27 heavy (non-hydrogen) atoms. The van der Waals surface area contributed by atoms with Crippen LogP contribution in [0.1, 0.15) is 24.1 Å². The van der Waals surface area contributed by atoms with Crippen LogP contribution in [0.3, 0.4) is 0 Å². The van der Waals surface area contributed by atoms with Crippen LogP contribution in [-0.4, -0.2) is 31.0 Å². The number of hydrogen-bond donors (Lipinski definition) is 2. The molecular formula is C21H23N3O3. The first kappa shape index (κ1) is 18.5. The van der Waals surface area contributed by atoms with Crippen LogP contribution in [0.15, 0.2) is 59.8 Å². The van der Waals surface area contributed by atoms with Crippen LogP contribution < -0.4 is 15.4 Å². The molecule has 0 bridgehead atoms. The van der Waals surface area contributed by atoms with Crippen molar-refractivity contribution < 1.29 is 14.3 Å². The molecule has 140 valence electrons. The number of rotatable bonds is 4. The highest BCUT2D eigenvalue weighted by Crippen LogP contribution is 2.31. The summed E-state index contributed by atoms with van der Waals surface area (Å²) in [5, 5.41) is 5.88. The van der Waals surface area contributed by atoms with Gasteiger partial charge in [0, 0.05) is 18.4 Å². The van der Waals surface area contributed by atoms with Crippen molar-refractivity contribution in [3.05, 3.63) is 70.9 Å². The Bertz CT molecular complexity index is 903. The molecule has 0 radical (unpaired) electrons. The molecule has 2 aromatic carbocycles. The van der Waals surface area contributed by atoms with Gasteiger partial charge in [-0.3, -0.25) is 4.79 Å². The van der Waals surface area contributed by atoms with Gasteiger partial charge in [-0.15, -0.1) is 0 Å². The lowest BCUT2D eigenvalue weighted by atomic mass is 9.94. The molecule has 1 unspecified atom stereocenters. The van der Waals surface area contributed by atoms with Gasteiger partial charge in [0.2, 0.25) is 0 Å². The first-order chi connectivity index (χ1) is 12.9. The molecule has 1 heterocycles. The quantitative estimate of drug-likeness (QED) is 0.869. The zero-order valence-corrected chi connectivity index (χ0v) is 15.9. The van der Waals surface area contributed by atoms with Gasteiger partial charge in [0.05, 0.1) is 18.7 Å². The standard InChI is InChI=1S/C21H23N3O3/c1-13-7-5-6-8-17(13)22-20(25)18-14(2)24(3)21(26)23-19(18)15-9-11-16(27-4)12-10-15/h5-12,19H,1-4H3,(H,22,25)(H,23,26). The highest BCUT2D eigenvalue weighted by molar-refractivity contribution is 6.07. The number of methoxy groups -OCH3 is 1. The van der Waals surface area contributed by atoms with Gasteiger partial charge >= 0.3 is 6.03 Å². The molecule has 3 amide bonds. The molecule has 2 aromatic rings. The van der Waals surface area contributed by atoms with Crippen LogP contribution in [0.4, 0.5) is 10.5 Å². The van der Waals surface area contributed by atoms with Crippen molar-refractivity contribution in [3.8, 4) is 5.75 Å². The van der Waals surface area contributed by atoms with Gasteiger partial charge in [0.25, 0.3) is 5.91 Å². The Morgan fingerprint density at radius 2 is 1.78 bits per heavy atom. The molecule has 0 aliphatic carbocycles. The van der Waals surface area contributed by atoms with E-state index >= 15 is 0 Å². The fourth-order valence-corrected chi connectivity index (χ4v) is 3.08. The summed E-state index contributed by atoms with van der Waals surface area (Å²) in [7, 11) is 3.24. The smallest absolute Gasteiger partial charge is 0.322 e. The predicted molar refractivity (Wildman–Crippen MR) is 105 cm³/mol. The molecule has 0 saturated carbocycles. The number of nitrogens with zero attached hydrogens (tertiary/aromatic N) is 1. The molecule has 3 rings (SSSR count). The van der Waals surface area contributed by atoms with Gasteiger partial charge < -0.3 is 20.3 Å². The van der Waals surface area contributed by atoms with Crippen LogP contribution in [0.2, 0.25) is 0 Å². The summed E-state index contributed by atoms with van der Waals surface area (Å²) >= 11 is 0. The maximum atomic E-state index is 13.1. The van der Waals surface area contributed by atoms with Crippen LogP contribution >= 0.6 is 0 Å². The molecular weight excluding hydrogens is 342 g/mol. The highest BCUT2D eigenvalue weighted by Gasteiger charge is 2.34. The summed E-state index contributed by atoms with van der Waals surface area (Å²) in [5.41, 5.74) is 3.65. The Labute approximate surface area is 158 Å². The number of hydrogen-bond acceptors (Lipinski definition) is 3. The number of ether oxygens (including phenoxy) is 1. The summed E-state index contributed by atoms with van der Waals surface area (Å²) in [6.07, 6.45) is 0. The fraction of sp³-hybridized carbons (Fsp3) is 0.238. The van der Waals surface area contributed by atoms with Crippen LogP contribution in [0.5, 0.6) is 5.75 Å². The summed E-state index contributed by atoms with van der Waals surface area (Å²) in [6, 6.07) is 14.1. The number of benzene rings is 2. The molecule has 1 aliphatic heterocycles. The van der Waals surface area contributed by atoms with Gasteiger partial charge in [-0.1, -0.05) is 30.3 Å². The van der Waals surface area contributed by atoms with E-state index in [1.165, 1.54) is 4.90 Å². The second-order valence-corrected chi connectivity index (χ2v) is 6.48. The van der Waals surface area contributed by atoms with Crippen LogP contribution in [0.25, 0.3) is 0 Å². The van der Waals surface area contributed by atoms with Crippen molar-refractivity contribution in [2.45, 2.75) is 19.9 Å². The zero-order chi connectivity index (χ0) is 19.6. The number of anilines is 1. The topological polar surface area (TPSA) is 70.7 Å². The number of amides is 3. The number of para-hydroxylation sites is 1. The van der Waals surface area contributed by atoms with E-state index in [1.807, 2.05) is 55.5 Å². The van der Waals surface area contributed by atoms with Crippen molar-refractivity contribution in [2.24, 2.45) is 0 Å². The molecule has 0 spiro atoms. The number of urea groups is 1. The van der Waals surface area contributed by atoms with Gasteiger partial charge in [-0.25, -0.2) is 4.79 Å². The maximum Gasteiger partial charge on any atom is 0.322 e. The molecule has 0 fully saturated rings. The summed E-state index contributed by atoms with van der Waals surface area (Å²) < 4.78 is 5.20. The Kier molecular flexibility index (Phi) is 5.16. The average Bonchev–Trinajstić information content (AvgIpc) is 2.67. The fourth-order valence-electron chi connectivity index (χ4n) is 3.08. The number of nitrogens with one attached hydrogen (secondary N) is 2. The second-order valence-electron chi connectivity index (χ2n) is 6.48. The normalized spacial score (nSPS) is 16.8. The third-order valence-electron chi connectivity index (χ3n) is 4.84. The maximum absolute atomic E-state index is 13.1. The van der Waals surface area contributed by atoms with E-state index in [0.717, 1.165) is 16.8 Å². The van der Waals surface area contributed by atoms with E-state index in [9.17, 15) is 9.59 Å². The lowest BCUT2D eigenvalue weighted by Crippen LogP contribution is -2.46. The Morgan fingerprint density at radius 1 is 1.11 bits per heavy atom. The summed E-state index contributed by atoms with van der Waals surface area (Å²) in [4.78, 5) is 26.9. The van der Waals surface area contributed by atoms with Gasteiger partial charge in [0.1, 0.15) is 5.75 Å². The number of allylic oxidation sites excluding steroid dienone is 1. The first-order valence-corrected chi connectivity index (χ1v) is 8.68. The Balaban J connectivity index is 1.99. The number of carbonyl (C=O) groups is 2. The van der Waals surface area contributed by atoms with E-state index in [1.54, 1.807) is 21.1 Å². The lowest BCUT2D eigenvalue weighted by molar-refractivity contribution is -0.113. The average molecular weight is 365 g/mol. The van der Waals surface area contributed by atoms with Crippen molar-refractivity contribution >= 4 is 17.6 Å². The number of carbonyl (C=O) groups excluding carboxylic acids is 2. The first-order valence-electron chi connectivity index (χ1n) is 8.68. The van der Waals surface area contributed by atoms with Gasteiger partial charge in [0.15, 0.2) is 0 Å². The summed E-state index contributed by atoms with van der Waals surface area (Å²) in [5.74, 6) is 0.471. The van der Waals surface area contributed by atoms with Crippen molar-refractivity contribution in [1.82, 2.24) is 10.2 Å². The zero-order valence-electron chi connectivity index (χ0n) is 15.9. The third-order valence-corrected chi connectivity index (χ3v) is 4.84. The molecule has 1 aliphatic rings. The van der Waals surface area contributed by atoms with Crippen molar-refractivity contribution in [1.29, 1.82) is 0 Å². The van der Waals surface area contributed by atoms with Crippen molar-refractivity contribution in [3.63, 3.8) is 0 Å². The third kappa shape index (κ3) is 3.65. The van der Waals surface area contributed by atoms with E-state index in [0.29, 0.717) is 17.0 Å². The molecule has 2 N–H and O–H groups in total. The summed E-state index contributed by atoms with van der Waals surface area (Å²) in [6.45, 7) is 3.72. The Morgan fingerprint density at radius 3 is 2.41 bits per heavy atom. The molecule has 1 atom stereocenters. The molecule has 0 saturated heterocycles. The monoisotopic (exact) mass is 365 g/mol. The van der Waals surface area contributed by atoms with Crippen LogP contribution in [0, 0.1) is 6.92 Å². The molecule has 0 aromatic heterocycles.